The van der Waals surface area contributed by atoms with Crippen LogP contribution in [0.1, 0.15) is 60.8 Å². The number of hydrogen-bond donors (Lipinski definition) is 2. The van der Waals surface area contributed by atoms with Gasteiger partial charge in [0.1, 0.15) is 6.10 Å². The minimum absolute atomic E-state index is 0.0559. The monoisotopic (exact) mass is 348 g/mol. The van der Waals surface area contributed by atoms with Crippen molar-refractivity contribution < 1.29 is 39.4 Å². The van der Waals surface area contributed by atoms with E-state index in [0.717, 1.165) is 0 Å². The van der Waals surface area contributed by atoms with Gasteiger partial charge in [-0.25, -0.2) is 24.3 Å². The fourth-order valence-electron chi connectivity index (χ4n) is 2.35. The molecular weight excluding hydrogens is 320 g/mol. The first-order valence-electron chi connectivity index (χ1n) is 7.96. The zero-order valence-corrected chi connectivity index (χ0v) is 15.1. The number of carboxylic acids is 2. The molecule has 3 unspecified atom stereocenters. The molecule has 8 heteroatoms. The molecule has 0 heterocycles. The molecule has 2 N–H and O–H groups in total. The first-order valence-corrected chi connectivity index (χ1v) is 7.96. The lowest BCUT2D eigenvalue weighted by Gasteiger charge is -2.42. The van der Waals surface area contributed by atoms with E-state index in [0.29, 0.717) is 6.42 Å². The molecule has 1 rings (SSSR count). The smallest absolute Gasteiger partial charge is 0.342 e. The van der Waals surface area contributed by atoms with Crippen molar-refractivity contribution in [2.24, 2.45) is 5.92 Å². The highest BCUT2D eigenvalue weighted by Crippen LogP contribution is 2.40. The minimum atomic E-state index is -1.96. The van der Waals surface area contributed by atoms with Crippen molar-refractivity contribution in [1.29, 1.82) is 0 Å². The van der Waals surface area contributed by atoms with Gasteiger partial charge in [-0.05, 0) is 60.8 Å². The van der Waals surface area contributed by atoms with Crippen LogP contribution in [0.15, 0.2) is 0 Å². The third-order valence-electron chi connectivity index (χ3n) is 3.41. The Morgan fingerprint density at radius 1 is 1.00 bits per heavy atom. The number of rotatable bonds is 6. The summed E-state index contributed by atoms with van der Waals surface area (Å²) < 4.78 is 0. The summed E-state index contributed by atoms with van der Waals surface area (Å²) in [4.78, 5) is 44.6. The molecule has 1 aliphatic carbocycles. The second-order valence-electron chi connectivity index (χ2n) is 8.02. The highest BCUT2D eigenvalue weighted by molar-refractivity contribution is 5.81. The van der Waals surface area contributed by atoms with Crippen LogP contribution in [0.3, 0.4) is 0 Å². The lowest BCUT2D eigenvalue weighted by Crippen LogP contribution is -2.60. The van der Waals surface area contributed by atoms with Gasteiger partial charge in [-0.1, -0.05) is 0 Å². The molecule has 1 fully saturated rings. The number of carboxylic acid groups (broad SMARTS) is 2. The normalized spacial score (nSPS) is 28.6. The number of hydrogen-bond acceptors (Lipinski definition) is 6. The van der Waals surface area contributed by atoms with E-state index >= 15 is 0 Å². The highest BCUT2D eigenvalue weighted by Gasteiger charge is 2.58. The standard InChI is InChI=1S/C16H28O8/c1-14(2,3)22-21-11-10(12(17)18)8-7-9-16(11,13(19)20)24-23-15(4,5)6/h10-11H,7-9H2,1-6H3,(H,17,18)(H,19,20). The van der Waals surface area contributed by atoms with Crippen molar-refractivity contribution in [2.75, 3.05) is 0 Å². The Hall–Kier alpha value is -1.22. The summed E-state index contributed by atoms with van der Waals surface area (Å²) >= 11 is 0. The summed E-state index contributed by atoms with van der Waals surface area (Å²) in [5.41, 5.74) is -3.47. The first-order chi connectivity index (χ1) is 10.8. The van der Waals surface area contributed by atoms with Crippen LogP contribution in [-0.2, 0) is 29.1 Å². The summed E-state index contributed by atoms with van der Waals surface area (Å²) in [6.45, 7) is 10.2. The van der Waals surface area contributed by atoms with Gasteiger partial charge in [0.2, 0.25) is 5.60 Å². The SMILES string of the molecule is CC(C)(C)OOC1C(C(=O)O)CCCC1(OOC(C)(C)C)C(=O)O. The Morgan fingerprint density at radius 3 is 1.96 bits per heavy atom. The van der Waals surface area contributed by atoms with E-state index in [9.17, 15) is 19.8 Å². The molecule has 0 spiro atoms. The topological polar surface area (TPSA) is 112 Å². The Balaban J connectivity index is 3.17. The molecule has 24 heavy (non-hydrogen) atoms. The zero-order valence-electron chi connectivity index (χ0n) is 15.1. The van der Waals surface area contributed by atoms with Gasteiger partial charge in [-0.3, -0.25) is 4.79 Å². The van der Waals surface area contributed by atoms with Crippen LogP contribution in [-0.4, -0.2) is 45.1 Å². The molecule has 1 saturated carbocycles. The Kier molecular flexibility index (Phi) is 6.37. The Morgan fingerprint density at radius 2 is 1.54 bits per heavy atom. The van der Waals surface area contributed by atoms with Gasteiger partial charge in [0.15, 0.2) is 0 Å². The second-order valence-corrected chi connectivity index (χ2v) is 8.02. The summed E-state index contributed by atoms with van der Waals surface area (Å²) in [5, 5.41) is 19.2. The third-order valence-corrected chi connectivity index (χ3v) is 3.41. The maximum absolute atomic E-state index is 12.0. The van der Waals surface area contributed by atoms with Gasteiger partial charge in [0.05, 0.1) is 17.1 Å². The molecule has 1 aliphatic rings. The molecule has 0 aromatic heterocycles. The molecule has 0 amide bonds. The second kappa shape index (κ2) is 7.35. The van der Waals surface area contributed by atoms with E-state index < -0.39 is 40.8 Å². The molecule has 0 radical (unpaired) electrons. The highest BCUT2D eigenvalue weighted by atomic mass is 17.2. The molecule has 0 aromatic carbocycles. The largest absolute Gasteiger partial charge is 0.481 e. The maximum Gasteiger partial charge on any atom is 0.342 e. The fourth-order valence-corrected chi connectivity index (χ4v) is 2.35. The fraction of sp³-hybridized carbons (Fsp3) is 0.875. The average molecular weight is 348 g/mol. The lowest BCUT2D eigenvalue weighted by molar-refractivity contribution is -0.458. The Bertz CT molecular complexity index is 462. The summed E-state index contributed by atoms with van der Waals surface area (Å²) in [6, 6.07) is 0. The van der Waals surface area contributed by atoms with Gasteiger partial charge in [0, 0.05) is 0 Å². The van der Waals surface area contributed by atoms with Crippen LogP contribution in [0.5, 0.6) is 0 Å². The van der Waals surface area contributed by atoms with Gasteiger partial charge in [-0.2, -0.15) is 0 Å². The van der Waals surface area contributed by atoms with Crippen molar-refractivity contribution in [1.82, 2.24) is 0 Å². The van der Waals surface area contributed by atoms with Crippen LogP contribution in [0, 0.1) is 5.92 Å². The van der Waals surface area contributed by atoms with E-state index in [1.54, 1.807) is 41.5 Å². The third kappa shape index (κ3) is 5.41. The quantitative estimate of drug-likeness (QED) is 0.556. The molecular formula is C16H28O8. The van der Waals surface area contributed by atoms with Gasteiger partial charge >= 0.3 is 11.9 Å². The van der Waals surface area contributed by atoms with Crippen LogP contribution in [0.2, 0.25) is 0 Å². The van der Waals surface area contributed by atoms with E-state index in [4.69, 9.17) is 19.6 Å². The van der Waals surface area contributed by atoms with E-state index in [-0.39, 0.29) is 12.8 Å². The Labute approximate surface area is 141 Å². The number of aliphatic carboxylic acids is 2. The molecule has 0 aromatic rings. The molecule has 3 atom stereocenters. The van der Waals surface area contributed by atoms with Crippen molar-refractivity contribution >= 4 is 11.9 Å². The molecule has 0 saturated heterocycles. The molecule has 140 valence electrons. The van der Waals surface area contributed by atoms with E-state index in [1.807, 2.05) is 0 Å². The minimum Gasteiger partial charge on any atom is -0.481 e. The maximum atomic E-state index is 12.0. The van der Waals surface area contributed by atoms with E-state index in [1.165, 1.54) is 0 Å². The van der Waals surface area contributed by atoms with Gasteiger partial charge < -0.3 is 10.2 Å². The zero-order chi connectivity index (χ0) is 18.8. The average Bonchev–Trinajstić information content (AvgIpc) is 2.40. The molecule has 0 aliphatic heterocycles. The van der Waals surface area contributed by atoms with Crippen molar-refractivity contribution in [3.63, 3.8) is 0 Å². The molecule has 0 bridgehead atoms. The van der Waals surface area contributed by atoms with Crippen LogP contribution in [0.4, 0.5) is 0 Å². The van der Waals surface area contributed by atoms with Crippen LogP contribution in [0.25, 0.3) is 0 Å². The van der Waals surface area contributed by atoms with Crippen molar-refractivity contribution in [3.05, 3.63) is 0 Å². The van der Waals surface area contributed by atoms with E-state index in [2.05, 4.69) is 0 Å². The lowest BCUT2D eigenvalue weighted by atomic mass is 9.75. The predicted octanol–water partition coefficient (Wildman–Crippen LogP) is 2.56. The van der Waals surface area contributed by atoms with Gasteiger partial charge in [0.25, 0.3) is 0 Å². The van der Waals surface area contributed by atoms with Crippen molar-refractivity contribution in [2.45, 2.75) is 83.7 Å². The van der Waals surface area contributed by atoms with Crippen molar-refractivity contribution in [3.8, 4) is 0 Å². The first kappa shape index (κ1) is 20.8. The van der Waals surface area contributed by atoms with Crippen LogP contribution < -0.4 is 0 Å². The summed E-state index contributed by atoms with van der Waals surface area (Å²) in [6.07, 6.45) is -0.670. The number of carbonyl (C=O) groups is 2. The summed E-state index contributed by atoms with van der Waals surface area (Å²) in [5.74, 6) is -3.59. The predicted molar refractivity (Wildman–Crippen MR) is 83.0 cm³/mol. The van der Waals surface area contributed by atoms with Gasteiger partial charge in [-0.15, -0.1) is 0 Å². The molecule has 8 nitrogen and oxygen atoms in total. The summed E-state index contributed by atoms with van der Waals surface area (Å²) in [7, 11) is 0. The van der Waals surface area contributed by atoms with Crippen LogP contribution >= 0.6 is 0 Å².